The van der Waals surface area contributed by atoms with Crippen LogP contribution in [0.5, 0.6) is 0 Å². The quantitative estimate of drug-likeness (QED) is 0.521. The van der Waals surface area contributed by atoms with Gasteiger partial charge in [0, 0.05) is 25.2 Å². The van der Waals surface area contributed by atoms with E-state index < -0.39 is 17.6 Å². The summed E-state index contributed by atoms with van der Waals surface area (Å²) in [5.74, 6) is -0.410. The van der Waals surface area contributed by atoms with Gasteiger partial charge < -0.3 is 16.0 Å². The molecule has 0 unspecified atom stereocenters. The van der Waals surface area contributed by atoms with E-state index in [1.807, 2.05) is 12.1 Å². The van der Waals surface area contributed by atoms with E-state index in [2.05, 4.69) is 25.9 Å². The van der Waals surface area contributed by atoms with Gasteiger partial charge in [-0.25, -0.2) is 9.97 Å². The van der Waals surface area contributed by atoms with Crippen molar-refractivity contribution in [2.24, 2.45) is 0 Å². The van der Waals surface area contributed by atoms with Crippen molar-refractivity contribution in [3.63, 3.8) is 0 Å². The highest BCUT2D eigenvalue weighted by Gasteiger charge is 2.36. The molecule has 0 bridgehead atoms. The Labute approximate surface area is 184 Å². The van der Waals surface area contributed by atoms with Crippen molar-refractivity contribution in [2.75, 3.05) is 18.9 Å². The third kappa shape index (κ3) is 4.51. The molecule has 3 aromatic rings. The number of aromatic nitrogens is 2. The minimum Gasteiger partial charge on any atom is -0.355 e. The number of alkyl halides is 3. The highest BCUT2D eigenvalue weighted by Crippen LogP contribution is 2.39. The minimum absolute atomic E-state index is 0.0197. The van der Waals surface area contributed by atoms with E-state index in [-0.39, 0.29) is 22.1 Å². The summed E-state index contributed by atoms with van der Waals surface area (Å²) in [4.78, 5) is 20.0. The molecule has 0 aliphatic carbocycles. The van der Waals surface area contributed by atoms with Gasteiger partial charge in [0.2, 0.25) is 5.95 Å². The summed E-state index contributed by atoms with van der Waals surface area (Å²) in [6, 6.07) is 5.07. The van der Waals surface area contributed by atoms with Crippen molar-refractivity contribution in [1.29, 1.82) is 0 Å². The number of nitrogens with zero attached hydrogens (tertiary/aromatic N) is 2. The number of thiophene rings is 1. The summed E-state index contributed by atoms with van der Waals surface area (Å²) in [6.45, 7) is 1.54. The van der Waals surface area contributed by atoms with Crippen LogP contribution in [0.15, 0.2) is 29.8 Å². The second-order valence-corrected chi connectivity index (χ2v) is 8.20. The molecule has 0 spiro atoms. The summed E-state index contributed by atoms with van der Waals surface area (Å²) in [5.41, 5.74) is 1.68. The summed E-state index contributed by atoms with van der Waals surface area (Å²) in [6.07, 6.45) is -3.10. The number of benzene rings is 1. The lowest BCUT2D eigenvalue weighted by Crippen LogP contribution is -2.23. The molecule has 6 nitrogen and oxygen atoms in total. The average molecular weight is 468 g/mol. The van der Waals surface area contributed by atoms with E-state index in [9.17, 15) is 18.0 Å². The maximum Gasteiger partial charge on any atom is 0.420 e. The largest absolute Gasteiger partial charge is 0.420 e. The molecular weight excluding hydrogens is 451 g/mol. The number of fused-ring (bicyclic) bond motifs is 1. The summed E-state index contributed by atoms with van der Waals surface area (Å²) in [7, 11) is 1.45. The molecule has 1 aliphatic heterocycles. The second kappa shape index (κ2) is 8.45. The first-order valence-corrected chi connectivity index (χ1v) is 10.6. The number of anilines is 2. The van der Waals surface area contributed by atoms with Crippen LogP contribution in [0.2, 0.25) is 5.02 Å². The number of nitrogens with one attached hydrogen (secondary N) is 3. The molecule has 3 N–H and O–H groups in total. The van der Waals surface area contributed by atoms with Crippen molar-refractivity contribution in [3.05, 3.63) is 57.1 Å². The van der Waals surface area contributed by atoms with E-state index in [1.54, 1.807) is 0 Å². The number of halogens is 4. The molecule has 2 aromatic heterocycles. The number of carbonyl (C=O) groups excluding carboxylic acids is 1. The molecule has 4 rings (SSSR count). The zero-order chi connectivity index (χ0) is 22.2. The van der Waals surface area contributed by atoms with Gasteiger partial charge >= 0.3 is 6.18 Å². The van der Waals surface area contributed by atoms with E-state index in [0.29, 0.717) is 17.3 Å². The van der Waals surface area contributed by atoms with Crippen LogP contribution in [0.4, 0.5) is 24.8 Å². The molecule has 0 saturated carbocycles. The zero-order valence-electron chi connectivity index (χ0n) is 16.2. The van der Waals surface area contributed by atoms with E-state index >= 15 is 0 Å². The third-order valence-corrected chi connectivity index (χ3v) is 6.09. The van der Waals surface area contributed by atoms with E-state index in [1.165, 1.54) is 18.5 Å². The van der Waals surface area contributed by atoms with Crippen LogP contribution in [0.3, 0.4) is 0 Å². The van der Waals surface area contributed by atoms with Crippen LogP contribution in [-0.2, 0) is 19.1 Å². The van der Waals surface area contributed by atoms with Crippen molar-refractivity contribution < 1.29 is 18.0 Å². The molecule has 1 amide bonds. The maximum absolute atomic E-state index is 13.6. The fraction of sp³-hybridized carbons (Fsp3) is 0.250. The van der Waals surface area contributed by atoms with Crippen molar-refractivity contribution >= 4 is 40.5 Å². The Kier molecular flexibility index (Phi) is 5.87. The molecule has 1 aliphatic rings. The van der Waals surface area contributed by atoms with Crippen LogP contribution < -0.4 is 16.0 Å². The molecule has 3 heterocycles. The first-order valence-electron chi connectivity index (χ1n) is 9.30. The minimum atomic E-state index is -4.65. The predicted molar refractivity (Wildman–Crippen MR) is 114 cm³/mol. The summed E-state index contributed by atoms with van der Waals surface area (Å²) < 4.78 is 40.7. The summed E-state index contributed by atoms with van der Waals surface area (Å²) in [5, 5.41) is 10.5. The van der Waals surface area contributed by atoms with Crippen LogP contribution in [0.1, 0.15) is 27.0 Å². The topological polar surface area (TPSA) is 78.9 Å². The van der Waals surface area contributed by atoms with Gasteiger partial charge in [-0.15, -0.1) is 11.3 Å². The van der Waals surface area contributed by atoms with Crippen LogP contribution in [0.25, 0.3) is 10.6 Å². The van der Waals surface area contributed by atoms with E-state index in [0.717, 1.165) is 41.6 Å². The average Bonchev–Trinajstić information content (AvgIpc) is 3.23. The second-order valence-electron chi connectivity index (χ2n) is 6.88. The van der Waals surface area contributed by atoms with Gasteiger partial charge in [0.05, 0.1) is 26.8 Å². The number of hydrogen-bond donors (Lipinski definition) is 3. The Bertz CT molecular complexity index is 1150. The fourth-order valence-corrected chi connectivity index (χ4v) is 4.40. The van der Waals surface area contributed by atoms with Gasteiger partial charge in [0.25, 0.3) is 5.91 Å². The monoisotopic (exact) mass is 467 g/mol. The summed E-state index contributed by atoms with van der Waals surface area (Å²) >= 11 is 7.36. The lowest BCUT2D eigenvalue weighted by molar-refractivity contribution is -0.137. The lowest BCUT2D eigenvalue weighted by atomic mass is 10.0. The Balaban J connectivity index is 1.73. The number of amides is 1. The number of rotatable bonds is 4. The molecule has 0 atom stereocenters. The third-order valence-electron chi connectivity index (χ3n) is 4.84. The Morgan fingerprint density at radius 1 is 1.26 bits per heavy atom. The van der Waals surface area contributed by atoms with Crippen molar-refractivity contribution in [1.82, 2.24) is 20.6 Å². The van der Waals surface area contributed by atoms with Crippen molar-refractivity contribution in [2.45, 2.75) is 19.1 Å². The number of hydrogen-bond acceptors (Lipinski definition) is 6. The maximum atomic E-state index is 13.6. The first kappa shape index (κ1) is 21.5. The Morgan fingerprint density at radius 3 is 2.81 bits per heavy atom. The SMILES string of the molecule is CNC(=O)c1csc(-c2nc(Nc3cc4c(cc3Cl)CNCC4)ncc2C(F)(F)F)c1. The van der Waals surface area contributed by atoms with Gasteiger partial charge in [-0.1, -0.05) is 11.6 Å². The molecule has 31 heavy (non-hydrogen) atoms. The zero-order valence-corrected chi connectivity index (χ0v) is 17.8. The van der Waals surface area contributed by atoms with Gasteiger partial charge in [-0.05, 0) is 42.3 Å². The predicted octanol–water partition coefficient (Wildman–Crippen LogP) is 4.63. The highest BCUT2D eigenvalue weighted by atomic mass is 35.5. The highest BCUT2D eigenvalue weighted by molar-refractivity contribution is 7.13. The molecule has 0 fully saturated rings. The molecule has 11 heteroatoms. The van der Waals surface area contributed by atoms with Crippen LogP contribution in [-0.4, -0.2) is 29.5 Å². The molecule has 162 valence electrons. The normalized spacial score (nSPS) is 13.6. The lowest BCUT2D eigenvalue weighted by Gasteiger charge is -2.19. The van der Waals surface area contributed by atoms with Gasteiger partial charge in [-0.3, -0.25) is 4.79 Å². The van der Waals surface area contributed by atoms with Crippen LogP contribution in [0, 0.1) is 0 Å². The van der Waals surface area contributed by atoms with Gasteiger partial charge in [0.15, 0.2) is 0 Å². The first-order chi connectivity index (χ1) is 14.8. The molecule has 1 aromatic carbocycles. The Hall–Kier alpha value is -2.69. The molecular formula is C20H17ClF3N5OS. The Morgan fingerprint density at radius 2 is 2.06 bits per heavy atom. The number of carbonyl (C=O) groups is 1. The van der Waals surface area contributed by atoms with Gasteiger partial charge in [0.1, 0.15) is 5.56 Å². The van der Waals surface area contributed by atoms with Crippen molar-refractivity contribution in [3.8, 4) is 10.6 Å². The smallest absolute Gasteiger partial charge is 0.355 e. The van der Waals surface area contributed by atoms with Gasteiger partial charge in [-0.2, -0.15) is 13.2 Å². The van der Waals surface area contributed by atoms with E-state index in [4.69, 9.17) is 11.6 Å². The fourth-order valence-electron chi connectivity index (χ4n) is 3.28. The molecule has 0 saturated heterocycles. The standard InChI is InChI=1S/C20H17ClF3N5OS/c1-25-18(30)12-6-16(31-9-12)17-13(20(22,23)24)8-27-19(29-17)28-15-5-10-2-3-26-7-11(10)4-14(15)21/h4-6,8-9,26H,2-3,7H2,1H3,(H,25,30)(H,27,28,29). The van der Waals surface area contributed by atoms with Crippen LogP contribution >= 0.6 is 22.9 Å². The molecule has 0 radical (unpaired) electrons.